The Balaban J connectivity index is 1.62. The summed E-state index contributed by atoms with van der Waals surface area (Å²) in [6, 6.07) is 9.60. The Labute approximate surface area is 134 Å². The van der Waals surface area contributed by atoms with E-state index in [-0.39, 0.29) is 5.91 Å². The van der Waals surface area contributed by atoms with Crippen molar-refractivity contribution in [3.63, 3.8) is 0 Å². The summed E-state index contributed by atoms with van der Waals surface area (Å²) in [4.78, 5) is 26.2. The van der Waals surface area contributed by atoms with Crippen molar-refractivity contribution in [2.75, 3.05) is 37.3 Å². The zero-order chi connectivity index (χ0) is 15.4. The van der Waals surface area contributed by atoms with Crippen LogP contribution in [0.3, 0.4) is 0 Å². The Morgan fingerprint density at radius 1 is 1.05 bits per heavy atom. The predicted octanol–water partition coefficient (Wildman–Crippen LogP) is 2.16. The van der Waals surface area contributed by atoms with E-state index in [1.54, 1.807) is 24.2 Å². The molecule has 0 radical (unpaired) electrons. The summed E-state index contributed by atoms with van der Waals surface area (Å²) >= 11 is 1.68. The maximum absolute atomic E-state index is 12.5. The second kappa shape index (κ2) is 6.79. The van der Waals surface area contributed by atoms with Gasteiger partial charge in [0.2, 0.25) is 5.95 Å². The molecular formula is C16H18N4OS. The van der Waals surface area contributed by atoms with Gasteiger partial charge >= 0.3 is 0 Å². The number of anilines is 1. The van der Waals surface area contributed by atoms with E-state index in [1.807, 2.05) is 41.5 Å². The van der Waals surface area contributed by atoms with Crippen molar-refractivity contribution in [2.45, 2.75) is 4.90 Å². The number of benzene rings is 1. The average molecular weight is 314 g/mol. The molecule has 6 heteroatoms. The van der Waals surface area contributed by atoms with Crippen LogP contribution in [-0.2, 0) is 0 Å². The number of hydrogen-bond acceptors (Lipinski definition) is 5. The molecule has 0 N–H and O–H groups in total. The van der Waals surface area contributed by atoms with Gasteiger partial charge < -0.3 is 9.80 Å². The van der Waals surface area contributed by atoms with Crippen LogP contribution in [0.15, 0.2) is 47.6 Å². The minimum Gasteiger partial charge on any atom is -0.337 e. The summed E-state index contributed by atoms with van der Waals surface area (Å²) in [6.45, 7) is 2.92. The van der Waals surface area contributed by atoms with Crippen molar-refractivity contribution >= 4 is 23.6 Å². The molecule has 2 heterocycles. The van der Waals surface area contributed by atoms with Crippen molar-refractivity contribution < 1.29 is 4.79 Å². The van der Waals surface area contributed by atoms with E-state index in [1.165, 1.54) is 4.90 Å². The highest BCUT2D eigenvalue weighted by atomic mass is 32.2. The summed E-state index contributed by atoms with van der Waals surface area (Å²) in [6.07, 6.45) is 5.52. The number of carbonyl (C=O) groups is 1. The molecule has 1 saturated heterocycles. The number of nitrogens with zero attached hydrogens (tertiary/aromatic N) is 4. The zero-order valence-electron chi connectivity index (χ0n) is 12.5. The Bertz CT molecular complexity index is 624. The van der Waals surface area contributed by atoms with E-state index in [4.69, 9.17) is 0 Å². The minimum atomic E-state index is 0.0984. The monoisotopic (exact) mass is 314 g/mol. The van der Waals surface area contributed by atoms with Gasteiger partial charge in [-0.2, -0.15) is 0 Å². The third kappa shape index (κ3) is 3.22. The molecule has 0 atom stereocenters. The van der Waals surface area contributed by atoms with Crippen LogP contribution in [0.5, 0.6) is 0 Å². The Hall–Kier alpha value is -2.08. The summed E-state index contributed by atoms with van der Waals surface area (Å²) in [7, 11) is 0. The Kier molecular flexibility index (Phi) is 4.58. The van der Waals surface area contributed by atoms with Crippen molar-refractivity contribution in [1.29, 1.82) is 0 Å². The van der Waals surface area contributed by atoms with Crippen LogP contribution in [0.2, 0.25) is 0 Å². The zero-order valence-corrected chi connectivity index (χ0v) is 13.3. The highest BCUT2D eigenvalue weighted by molar-refractivity contribution is 7.98. The normalized spacial score (nSPS) is 15.0. The van der Waals surface area contributed by atoms with Crippen molar-refractivity contribution in [3.8, 4) is 0 Å². The molecule has 0 saturated carbocycles. The topological polar surface area (TPSA) is 49.3 Å². The molecule has 5 nitrogen and oxygen atoms in total. The molecule has 1 aliphatic rings. The lowest BCUT2D eigenvalue weighted by atomic mass is 10.2. The number of thioether (sulfide) groups is 1. The second-order valence-corrected chi connectivity index (χ2v) is 5.94. The van der Waals surface area contributed by atoms with Crippen LogP contribution < -0.4 is 4.90 Å². The van der Waals surface area contributed by atoms with Crippen molar-refractivity contribution in [1.82, 2.24) is 14.9 Å². The molecule has 1 amide bonds. The first kappa shape index (κ1) is 14.8. The third-order valence-electron chi connectivity index (χ3n) is 3.74. The molecule has 1 aromatic heterocycles. The molecule has 0 aliphatic carbocycles. The van der Waals surface area contributed by atoms with Gasteiger partial charge in [-0.05, 0) is 36.6 Å². The van der Waals surface area contributed by atoms with Gasteiger partial charge in [0.15, 0.2) is 0 Å². The molecular weight excluding hydrogens is 296 g/mol. The molecule has 2 aromatic rings. The van der Waals surface area contributed by atoms with E-state index < -0.39 is 0 Å². The van der Waals surface area contributed by atoms with Gasteiger partial charge in [-0.15, -0.1) is 11.8 Å². The Morgan fingerprint density at radius 3 is 2.27 bits per heavy atom. The SMILES string of the molecule is CSc1ccc(C(=O)N2CCN(c3ncccn3)CC2)cc1. The van der Waals surface area contributed by atoms with Crippen LogP contribution in [0.25, 0.3) is 0 Å². The van der Waals surface area contributed by atoms with E-state index in [0.717, 1.165) is 24.6 Å². The van der Waals surface area contributed by atoms with E-state index in [2.05, 4.69) is 14.9 Å². The highest BCUT2D eigenvalue weighted by Crippen LogP contribution is 2.17. The smallest absolute Gasteiger partial charge is 0.253 e. The lowest BCUT2D eigenvalue weighted by Gasteiger charge is -2.34. The lowest BCUT2D eigenvalue weighted by Crippen LogP contribution is -2.49. The van der Waals surface area contributed by atoms with Gasteiger partial charge in [0.1, 0.15) is 0 Å². The maximum Gasteiger partial charge on any atom is 0.253 e. The first-order valence-corrected chi connectivity index (χ1v) is 8.46. The molecule has 3 rings (SSSR count). The predicted molar refractivity (Wildman–Crippen MR) is 88.4 cm³/mol. The largest absolute Gasteiger partial charge is 0.337 e. The number of hydrogen-bond donors (Lipinski definition) is 0. The molecule has 1 aromatic carbocycles. The second-order valence-electron chi connectivity index (χ2n) is 5.06. The van der Waals surface area contributed by atoms with E-state index in [0.29, 0.717) is 13.1 Å². The minimum absolute atomic E-state index is 0.0984. The van der Waals surface area contributed by atoms with Crippen LogP contribution >= 0.6 is 11.8 Å². The van der Waals surface area contributed by atoms with Crippen molar-refractivity contribution in [2.24, 2.45) is 0 Å². The Morgan fingerprint density at radius 2 is 1.68 bits per heavy atom. The van der Waals surface area contributed by atoms with Crippen LogP contribution in [-0.4, -0.2) is 53.2 Å². The van der Waals surface area contributed by atoms with Gasteiger partial charge in [0.25, 0.3) is 5.91 Å². The maximum atomic E-state index is 12.5. The average Bonchev–Trinajstić information content (AvgIpc) is 2.62. The first-order valence-electron chi connectivity index (χ1n) is 7.23. The van der Waals surface area contributed by atoms with Crippen LogP contribution in [0.1, 0.15) is 10.4 Å². The number of aromatic nitrogens is 2. The van der Waals surface area contributed by atoms with Crippen LogP contribution in [0, 0.1) is 0 Å². The van der Waals surface area contributed by atoms with Crippen molar-refractivity contribution in [3.05, 3.63) is 48.3 Å². The third-order valence-corrected chi connectivity index (χ3v) is 4.48. The molecule has 0 unspecified atom stereocenters. The van der Waals surface area contributed by atoms with Gasteiger partial charge in [-0.3, -0.25) is 4.79 Å². The van der Waals surface area contributed by atoms with Gasteiger partial charge in [0, 0.05) is 49.0 Å². The molecule has 0 bridgehead atoms. The fourth-order valence-corrected chi connectivity index (χ4v) is 2.89. The molecule has 1 aliphatic heterocycles. The standard InChI is InChI=1S/C16H18N4OS/c1-22-14-5-3-13(4-6-14)15(21)19-9-11-20(12-10-19)16-17-7-2-8-18-16/h2-8H,9-12H2,1H3. The number of piperazine rings is 1. The number of carbonyl (C=O) groups excluding carboxylic acids is 1. The van der Waals surface area contributed by atoms with Gasteiger partial charge in [-0.1, -0.05) is 0 Å². The fraction of sp³-hybridized carbons (Fsp3) is 0.312. The van der Waals surface area contributed by atoms with Crippen LogP contribution in [0.4, 0.5) is 5.95 Å². The van der Waals surface area contributed by atoms with Gasteiger partial charge in [-0.25, -0.2) is 9.97 Å². The quantitative estimate of drug-likeness (QED) is 0.813. The summed E-state index contributed by atoms with van der Waals surface area (Å²) in [5, 5.41) is 0. The molecule has 1 fully saturated rings. The van der Waals surface area contributed by atoms with E-state index in [9.17, 15) is 4.79 Å². The lowest BCUT2D eigenvalue weighted by molar-refractivity contribution is 0.0746. The highest BCUT2D eigenvalue weighted by Gasteiger charge is 2.23. The fourth-order valence-electron chi connectivity index (χ4n) is 2.48. The summed E-state index contributed by atoms with van der Waals surface area (Å²) in [5.74, 6) is 0.834. The number of amides is 1. The summed E-state index contributed by atoms with van der Waals surface area (Å²) < 4.78 is 0. The number of rotatable bonds is 3. The summed E-state index contributed by atoms with van der Waals surface area (Å²) in [5.41, 5.74) is 0.752. The molecule has 22 heavy (non-hydrogen) atoms. The first-order chi connectivity index (χ1) is 10.8. The molecule has 114 valence electrons. The molecule has 0 spiro atoms. The van der Waals surface area contributed by atoms with E-state index >= 15 is 0 Å². The van der Waals surface area contributed by atoms with Gasteiger partial charge in [0.05, 0.1) is 0 Å².